The highest BCUT2D eigenvalue weighted by molar-refractivity contribution is 7.95. The lowest BCUT2D eigenvalue weighted by molar-refractivity contribution is 0.456. The highest BCUT2D eigenvalue weighted by atomic mass is 31.2. The Labute approximate surface area is 179 Å². The first-order valence-corrected chi connectivity index (χ1v) is 12.2. The van der Waals surface area contributed by atoms with Crippen LogP contribution in [0.15, 0.2) is 109 Å². The van der Waals surface area contributed by atoms with Crippen molar-refractivity contribution < 1.29 is 10.2 Å². The van der Waals surface area contributed by atoms with Crippen LogP contribution in [0, 0.1) is 0 Å². The molecule has 2 nitrogen and oxygen atoms in total. The van der Waals surface area contributed by atoms with Crippen molar-refractivity contribution in [2.75, 3.05) is 0 Å². The van der Waals surface area contributed by atoms with Crippen LogP contribution in [0.3, 0.4) is 0 Å². The van der Waals surface area contributed by atoms with Crippen molar-refractivity contribution in [3.8, 4) is 11.5 Å². The molecule has 0 aliphatic carbocycles. The molecule has 0 saturated carbocycles. The molecule has 2 N–H and O–H groups in total. The number of rotatable bonds is 5. The summed E-state index contributed by atoms with van der Waals surface area (Å²) in [5, 5.41) is 24.3. The Morgan fingerprint density at radius 3 is 1.37 bits per heavy atom. The molecule has 0 aromatic heterocycles. The lowest BCUT2D eigenvalue weighted by Crippen LogP contribution is -2.32. The van der Waals surface area contributed by atoms with E-state index in [9.17, 15) is 10.2 Å². The minimum Gasteiger partial charge on any atom is -0.508 e. The van der Waals surface area contributed by atoms with Crippen molar-refractivity contribution in [1.82, 2.24) is 0 Å². The van der Waals surface area contributed by atoms with Crippen LogP contribution in [-0.2, 0) is 6.16 Å². The van der Waals surface area contributed by atoms with Gasteiger partial charge in [-0.1, -0.05) is 68.4 Å². The smallest absolute Gasteiger partial charge is 0.122 e. The molecule has 0 bridgehead atoms. The third-order valence-corrected chi connectivity index (χ3v) is 9.42. The molecular weight excluding hydrogens is 387 g/mol. The van der Waals surface area contributed by atoms with E-state index < -0.39 is 7.26 Å². The molecule has 4 aromatic carbocycles. The van der Waals surface area contributed by atoms with E-state index in [2.05, 4.69) is 72.8 Å². The molecule has 4 rings (SSSR count). The molecule has 0 fully saturated rings. The van der Waals surface area contributed by atoms with E-state index in [1.165, 1.54) is 22.0 Å². The summed E-state index contributed by atoms with van der Waals surface area (Å²) in [5.74, 6) is 0.380. The van der Waals surface area contributed by atoms with Gasteiger partial charge in [0.15, 0.2) is 0 Å². The molecule has 30 heavy (non-hydrogen) atoms. The number of aromatic hydroxyl groups is 2. The van der Waals surface area contributed by atoms with Crippen LogP contribution in [0.4, 0.5) is 0 Å². The summed E-state index contributed by atoms with van der Waals surface area (Å²) in [7, 11) is -2.09. The predicted molar refractivity (Wildman–Crippen MR) is 130 cm³/mol. The van der Waals surface area contributed by atoms with E-state index in [-0.39, 0.29) is 11.5 Å². The van der Waals surface area contributed by atoms with Crippen LogP contribution < -0.4 is 15.9 Å². The summed E-state index contributed by atoms with van der Waals surface area (Å²) in [6, 6.07) is 36.3. The average molecular weight is 415 g/mol. The zero-order chi connectivity index (χ0) is 21.4. The first-order chi connectivity index (χ1) is 14.7. The molecule has 0 spiro atoms. The van der Waals surface area contributed by atoms with E-state index >= 15 is 0 Å². The van der Waals surface area contributed by atoms with Crippen molar-refractivity contribution >= 4 is 23.2 Å². The summed E-state index contributed by atoms with van der Waals surface area (Å²) in [6.07, 6.45) is 0.630. The maximum atomic E-state index is 10.5. The van der Waals surface area contributed by atoms with Gasteiger partial charge < -0.3 is 10.2 Å². The Hall–Kier alpha value is -3.09. The van der Waals surface area contributed by atoms with Gasteiger partial charge >= 0.3 is 0 Å². The first-order valence-electron chi connectivity index (χ1n) is 10.3. The molecule has 0 aliphatic heterocycles. The summed E-state index contributed by atoms with van der Waals surface area (Å²) in [6.45, 7) is 4.00. The Bertz CT molecular complexity index is 951. The minimum atomic E-state index is -2.09. The van der Waals surface area contributed by atoms with E-state index in [0.29, 0.717) is 6.16 Å². The average Bonchev–Trinajstić information content (AvgIpc) is 2.83. The fourth-order valence-corrected chi connectivity index (χ4v) is 7.97. The lowest BCUT2D eigenvalue weighted by Gasteiger charge is -2.28. The number of phenols is 2. The Kier molecular flexibility index (Phi) is 7.27. The summed E-state index contributed by atoms with van der Waals surface area (Å²) >= 11 is 0. The highest BCUT2D eigenvalue weighted by Crippen LogP contribution is 2.59. The third-order valence-electron chi connectivity index (χ3n) is 5.06. The number of hydrogen-bond acceptors (Lipinski definition) is 2. The maximum Gasteiger partial charge on any atom is 0.122 e. The van der Waals surface area contributed by atoms with E-state index in [4.69, 9.17) is 0 Å². The maximum absolute atomic E-state index is 10.5. The highest BCUT2D eigenvalue weighted by Gasteiger charge is 2.45. The van der Waals surface area contributed by atoms with Crippen molar-refractivity contribution in [3.63, 3.8) is 0 Å². The molecule has 152 valence electrons. The summed E-state index contributed by atoms with van der Waals surface area (Å²) in [5.41, 5.74) is 0.755. The molecule has 0 atom stereocenters. The zero-order valence-corrected chi connectivity index (χ0v) is 18.3. The summed E-state index contributed by atoms with van der Waals surface area (Å²) < 4.78 is 0. The normalized spacial score (nSPS) is 10.7. The van der Waals surface area contributed by atoms with E-state index in [1.807, 2.05) is 32.0 Å². The van der Waals surface area contributed by atoms with Crippen LogP contribution in [0.1, 0.15) is 19.4 Å². The van der Waals surface area contributed by atoms with Gasteiger partial charge in [0.25, 0.3) is 0 Å². The molecule has 3 heteroatoms. The Morgan fingerprint density at radius 2 is 0.967 bits per heavy atom. The Balaban J connectivity index is 0.00000124. The van der Waals surface area contributed by atoms with Crippen LogP contribution in [-0.4, -0.2) is 10.2 Å². The number of phenolic OH excluding ortho intramolecular Hbond substituents is 2. The molecule has 0 amide bonds. The van der Waals surface area contributed by atoms with Gasteiger partial charge in [0.05, 0.1) is 0 Å². The summed E-state index contributed by atoms with van der Waals surface area (Å²) in [4.78, 5) is 0. The van der Waals surface area contributed by atoms with Crippen LogP contribution in [0.2, 0.25) is 0 Å². The van der Waals surface area contributed by atoms with Crippen LogP contribution in [0.5, 0.6) is 11.5 Å². The predicted octanol–water partition coefficient (Wildman–Crippen LogP) is 5.62. The molecule has 0 unspecified atom stereocenters. The van der Waals surface area contributed by atoms with Crippen molar-refractivity contribution in [2.24, 2.45) is 0 Å². The molecular formula is C27H28O2P+. The third kappa shape index (κ3) is 4.40. The second-order valence-corrected chi connectivity index (χ2v) is 10.3. The van der Waals surface area contributed by atoms with Gasteiger partial charge in [-0.3, -0.25) is 0 Å². The molecule has 0 heterocycles. The molecule has 4 aromatic rings. The fraction of sp³-hybridized carbons (Fsp3) is 0.111. The van der Waals surface area contributed by atoms with Gasteiger partial charge in [-0.2, -0.15) is 0 Å². The van der Waals surface area contributed by atoms with Crippen molar-refractivity contribution in [1.29, 1.82) is 0 Å². The zero-order valence-electron chi connectivity index (χ0n) is 17.4. The minimum absolute atomic E-state index is 0.167. The van der Waals surface area contributed by atoms with Gasteiger partial charge in [-0.05, 0) is 54.6 Å². The van der Waals surface area contributed by atoms with Gasteiger partial charge in [0.1, 0.15) is 40.8 Å². The molecule has 0 radical (unpaired) electrons. The lowest BCUT2D eigenvalue weighted by atomic mass is 10.2. The van der Waals surface area contributed by atoms with Crippen molar-refractivity contribution in [2.45, 2.75) is 20.0 Å². The molecule has 0 aliphatic rings. The van der Waals surface area contributed by atoms with Gasteiger partial charge in [-0.15, -0.1) is 0 Å². The largest absolute Gasteiger partial charge is 0.508 e. The molecule has 0 saturated heterocycles. The standard InChI is InChI=1S/C25H21O2P.C2H6/c26-21-16-17-25(27)20(18-21)19-28(22-10-4-1-5-11-22,23-12-6-2-7-13-23)24-14-8-3-9-15-24;1-2/h1-18H,19H2,(H-,26,27);1-2H3/p+1. The van der Waals surface area contributed by atoms with Gasteiger partial charge in [-0.25, -0.2) is 0 Å². The van der Waals surface area contributed by atoms with Crippen LogP contribution in [0.25, 0.3) is 0 Å². The number of benzene rings is 4. The topological polar surface area (TPSA) is 40.5 Å². The fourth-order valence-electron chi connectivity index (χ4n) is 3.72. The monoisotopic (exact) mass is 415 g/mol. The number of hydrogen-bond donors (Lipinski definition) is 2. The quantitative estimate of drug-likeness (QED) is 0.328. The SMILES string of the molecule is CC.Oc1ccc(O)c(C[P+](c2ccccc2)(c2ccccc2)c2ccccc2)c1. The van der Waals surface area contributed by atoms with Gasteiger partial charge in [0.2, 0.25) is 0 Å². The van der Waals surface area contributed by atoms with E-state index in [1.54, 1.807) is 12.1 Å². The second-order valence-electron chi connectivity index (χ2n) is 6.79. The van der Waals surface area contributed by atoms with Crippen LogP contribution >= 0.6 is 7.26 Å². The van der Waals surface area contributed by atoms with Crippen molar-refractivity contribution in [3.05, 3.63) is 115 Å². The van der Waals surface area contributed by atoms with E-state index in [0.717, 1.165) is 5.56 Å². The first kappa shape index (κ1) is 21.6. The second kappa shape index (κ2) is 10.1. The van der Waals surface area contributed by atoms with Gasteiger partial charge in [0, 0.05) is 5.56 Å². The Morgan fingerprint density at radius 1 is 0.567 bits per heavy atom.